The Balaban J connectivity index is 1.74. The van der Waals surface area contributed by atoms with Crippen molar-refractivity contribution in [3.05, 3.63) is 106 Å². The molecule has 0 unspecified atom stereocenters. The molecule has 0 bridgehead atoms. The summed E-state index contributed by atoms with van der Waals surface area (Å²) in [6, 6.07) is 24.8. The molecule has 0 saturated heterocycles. The number of carbonyl (C=O) groups excluding carboxylic acids is 2. The van der Waals surface area contributed by atoms with Crippen molar-refractivity contribution >= 4 is 34.6 Å². The van der Waals surface area contributed by atoms with Crippen LogP contribution in [-0.2, 0) is 9.47 Å². The van der Waals surface area contributed by atoms with Gasteiger partial charge in [0.15, 0.2) is 0 Å². The zero-order valence-electron chi connectivity index (χ0n) is 23.4. The second kappa shape index (κ2) is 11.2. The monoisotopic (exact) mass is 566 g/mol. The number of esters is 2. The van der Waals surface area contributed by atoms with Crippen molar-refractivity contribution in [3.8, 4) is 41.8 Å². The van der Waals surface area contributed by atoms with Crippen LogP contribution in [0.1, 0.15) is 43.0 Å². The fourth-order valence-corrected chi connectivity index (χ4v) is 7.26. The standard InChI is InChI=1S/C34H30O4S2/c1-19-7-11-23(12-8-19)25-15-17-27(39-25)29-21(3)32(34(36)38-6)30(22(4)31(29)33(35)37-5)28-18-16-26(40-28)24-13-9-20(2)10-14-24/h7-18H,1-6H3. The second-order valence-corrected chi connectivity index (χ2v) is 12.0. The molecule has 40 heavy (non-hydrogen) atoms. The third kappa shape index (κ3) is 5.01. The molecule has 0 saturated carbocycles. The van der Waals surface area contributed by atoms with Gasteiger partial charge in [-0.2, -0.15) is 0 Å². The van der Waals surface area contributed by atoms with Gasteiger partial charge in [0.05, 0.1) is 25.3 Å². The Labute approximate surface area is 242 Å². The zero-order chi connectivity index (χ0) is 28.6. The largest absolute Gasteiger partial charge is 0.465 e. The third-order valence-corrected chi connectivity index (χ3v) is 9.46. The number of thiophene rings is 2. The summed E-state index contributed by atoms with van der Waals surface area (Å²) < 4.78 is 10.6. The molecule has 5 aromatic rings. The summed E-state index contributed by atoms with van der Waals surface area (Å²) in [7, 11) is 2.78. The minimum Gasteiger partial charge on any atom is -0.465 e. The quantitative estimate of drug-likeness (QED) is 0.192. The van der Waals surface area contributed by atoms with E-state index in [0.717, 1.165) is 30.6 Å². The van der Waals surface area contributed by atoms with E-state index in [1.165, 1.54) is 25.3 Å². The van der Waals surface area contributed by atoms with Gasteiger partial charge in [-0.3, -0.25) is 0 Å². The van der Waals surface area contributed by atoms with Gasteiger partial charge in [0.1, 0.15) is 0 Å². The van der Waals surface area contributed by atoms with Crippen LogP contribution in [-0.4, -0.2) is 26.2 Å². The van der Waals surface area contributed by atoms with Crippen LogP contribution in [0.15, 0.2) is 72.8 Å². The molecule has 202 valence electrons. The summed E-state index contributed by atoms with van der Waals surface area (Å²) in [6.45, 7) is 7.89. The van der Waals surface area contributed by atoms with Crippen LogP contribution in [0.5, 0.6) is 0 Å². The second-order valence-electron chi connectivity index (χ2n) is 9.79. The summed E-state index contributed by atoms with van der Waals surface area (Å²) in [5.74, 6) is -0.872. The van der Waals surface area contributed by atoms with Crippen LogP contribution in [0.4, 0.5) is 0 Å². The molecule has 0 aliphatic heterocycles. The molecule has 5 rings (SSSR count). The van der Waals surface area contributed by atoms with Gasteiger partial charge in [0.25, 0.3) is 0 Å². The predicted octanol–water partition coefficient (Wildman–Crippen LogP) is 9.28. The topological polar surface area (TPSA) is 52.6 Å². The number of ether oxygens (including phenoxy) is 2. The number of methoxy groups -OCH3 is 2. The van der Waals surface area contributed by atoms with Gasteiger partial charge in [0, 0.05) is 30.6 Å². The van der Waals surface area contributed by atoms with Gasteiger partial charge in [-0.1, -0.05) is 59.7 Å². The molecular formula is C34H30O4S2. The van der Waals surface area contributed by atoms with E-state index in [9.17, 15) is 9.59 Å². The molecule has 0 amide bonds. The van der Waals surface area contributed by atoms with Gasteiger partial charge < -0.3 is 9.47 Å². The molecule has 4 nitrogen and oxygen atoms in total. The van der Waals surface area contributed by atoms with E-state index in [4.69, 9.17) is 9.47 Å². The Hall–Kier alpha value is -4.00. The average Bonchev–Trinajstić information content (AvgIpc) is 3.64. The van der Waals surface area contributed by atoms with Crippen molar-refractivity contribution in [1.29, 1.82) is 0 Å². The number of benzene rings is 3. The molecule has 2 aromatic heterocycles. The van der Waals surface area contributed by atoms with Gasteiger partial charge >= 0.3 is 11.9 Å². The summed E-state index contributed by atoms with van der Waals surface area (Å²) >= 11 is 3.17. The predicted molar refractivity (Wildman–Crippen MR) is 166 cm³/mol. The van der Waals surface area contributed by atoms with E-state index in [1.807, 2.05) is 26.0 Å². The minimum absolute atomic E-state index is 0.436. The maximum atomic E-state index is 13.4. The van der Waals surface area contributed by atoms with Crippen molar-refractivity contribution in [1.82, 2.24) is 0 Å². The Morgan fingerprint density at radius 3 is 1.15 bits per heavy atom. The smallest absolute Gasteiger partial charge is 0.338 e. The van der Waals surface area contributed by atoms with Crippen molar-refractivity contribution in [3.63, 3.8) is 0 Å². The maximum Gasteiger partial charge on any atom is 0.338 e. The van der Waals surface area contributed by atoms with E-state index < -0.39 is 11.9 Å². The highest BCUT2D eigenvalue weighted by molar-refractivity contribution is 7.19. The Kier molecular flexibility index (Phi) is 7.74. The summed E-state index contributed by atoms with van der Waals surface area (Å²) in [5, 5.41) is 0. The molecule has 0 spiro atoms. The Morgan fingerprint density at radius 1 is 0.500 bits per heavy atom. The van der Waals surface area contributed by atoms with Crippen molar-refractivity contribution in [2.24, 2.45) is 0 Å². The molecular weight excluding hydrogens is 537 g/mol. The Morgan fingerprint density at radius 2 is 0.825 bits per heavy atom. The van der Waals surface area contributed by atoms with Crippen LogP contribution < -0.4 is 0 Å². The number of carbonyl (C=O) groups is 2. The fourth-order valence-electron chi connectivity index (χ4n) is 5.02. The molecule has 0 atom stereocenters. The lowest BCUT2D eigenvalue weighted by atomic mass is 9.86. The molecule has 2 heterocycles. The first-order valence-corrected chi connectivity index (χ1v) is 14.5. The van der Waals surface area contributed by atoms with Gasteiger partial charge in [-0.15, -0.1) is 22.7 Å². The van der Waals surface area contributed by atoms with Crippen LogP contribution >= 0.6 is 22.7 Å². The average molecular weight is 567 g/mol. The first-order chi connectivity index (χ1) is 19.2. The number of rotatable bonds is 6. The first-order valence-electron chi connectivity index (χ1n) is 12.9. The number of hydrogen-bond donors (Lipinski definition) is 0. The maximum absolute atomic E-state index is 13.4. The number of aryl methyl sites for hydroxylation is 2. The third-order valence-electron chi connectivity index (χ3n) is 7.16. The molecule has 0 aliphatic rings. The van der Waals surface area contributed by atoms with Crippen LogP contribution in [0.25, 0.3) is 41.8 Å². The molecule has 0 radical (unpaired) electrons. The summed E-state index contributed by atoms with van der Waals surface area (Å²) in [5.41, 5.74) is 8.29. The molecule has 0 N–H and O–H groups in total. The van der Waals surface area contributed by atoms with Crippen molar-refractivity contribution in [2.45, 2.75) is 27.7 Å². The van der Waals surface area contributed by atoms with E-state index in [-0.39, 0.29) is 0 Å². The van der Waals surface area contributed by atoms with E-state index in [1.54, 1.807) is 22.7 Å². The molecule has 0 aliphatic carbocycles. The SMILES string of the molecule is COC(=O)c1c(C)c(-c2ccc(-c3ccc(C)cc3)s2)c(C(=O)OC)c(C)c1-c1ccc(-c2ccc(C)cc2)s1. The lowest BCUT2D eigenvalue weighted by Crippen LogP contribution is -2.14. The molecule has 0 fully saturated rings. The Bertz CT molecular complexity index is 1590. The lowest BCUT2D eigenvalue weighted by Gasteiger charge is -2.21. The van der Waals surface area contributed by atoms with E-state index >= 15 is 0 Å². The zero-order valence-corrected chi connectivity index (χ0v) is 25.0. The van der Waals surface area contributed by atoms with E-state index in [0.29, 0.717) is 33.4 Å². The minimum atomic E-state index is -0.436. The summed E-state index contributed by atoms with van der Waals surface area (Å²) in [6.07, 6.45) is 0. The normalized spacial score (nSPS) is 10.9. The van der Waals surface area contributed by atoms with Crippen LogP contribution in [0, 0.1) is 27.7 Å². The number of hydrogen-bond acceptors (Lipinski definition) is 6. The van der Waals surface area contributed by atoms with Crippen LogP contribution in [0.3, 0.4) is 0 Å². The fraction of sp³-hybridized carbons (Fsp3) is 0.176. The molecule has 6 heteroatoms. The van der Waals surface area contributed by atoms with Gasteiger partial charge in [-0.25, -0.2) is 9.59 Å². The van der Waals surface area contributed by atoms with Gasteiger partial charge in [0.2, 0.25) is 0 Å². The van der Waals surface area contributed by atoms with E-state index in [2.05, 4.69) is 74.5 Å². The van der Waals surface area contributed by atoms with Crippen molar-refractivity contribution in [2.75, 3.05) is 14.2 Å². The van der Waals surface area contributed by atoms with Crippen LogP contribution in [0.2, 0.25) is 0 Å². The highest BCUT2D eigenvalue weighted by Gasteiger charge is 2.30. The van der Waals surface area contributed by atoms with Gasteiger partial charge in [-0.05, 0) is 74.2 Å². The highest BCUT2D eigenvalue weighted by Crippen LogP contribution is 2.46. The lowest BCUT2D eigenvalue weighted by molar-refractivity contribution is 0.0586. The first kappa shape index (κ1) is 27.6. The van der Waals surface area contributed by atoms with Crippen molar-refractivity contribution < 1.29 is 19.1 Å². The molecule has 3 aromatic carbocycles. The summed E-state index contributed by atoms with van der Waals surface area (Å²) in [4.78, 5) is 30.6. The highest BCUT2D eigenvalue weighted by atomic mass is 32.1.